The number of carbonyl (C=O) groups excluding carboxylic acids is 2. The lowest BCUT2D eigenvalue weighted by Crippen LogP contribution is -2.39. The van der Waals surface area contributed by atoms with E-state index in [1.807, 2.05) is 0 Å². The number of ether oxygens (including phenoxy) is 2. The van der Waals surface area contributed by atoms with Crippen LogP contribution in [0, 0.1) is 6.92 Å². The smallest absolute Gasteiger partial charge is 0.349 e. The van der Waals surface area contributed by atoms with E-state index in [4.69, 9.17) is 0 Å². The molecule has 0 spiro atoms. The van der Waals surface area contributed by atoms with Gasteiger partial charge in [-0.2, -0.15) is 4.72 Å². The first-order valence-electron chi connectivity index (χ1n) is 5.51. The van der Waals surface area contributed by atoms with Gasteiger partial charge in [0.25, 0.3) is 0 Å². The minimum atomic E-state index is -4.03. The fourth-order valence-corrected chi connectivity index (χ4v) is 4.42. The summed E-state index contributed by atoms with van der Waals surface area (Å²) < 4.78 is 35.7. The molecule has 0 aliphatic carbocycles. The standard InChI is InChI=1S/C11H15NO6S2/c1-6-5-19-8(11(14)18-4)9(6)20(15,16)12-7(2)10(13)17-3/h5,7,12H,1-4H3. The van der Waals surface area contributed by atoms with Crippen molar-refractivity contribution in [2.24, 2.45) is 0 Å². The highest BCUT2D eigenvalue weighted by molar-refractivity contribution is 7.89. The quantitative estimate of drug-likeness (QED) is 0.801. The van der Waals surface area contributed by atoms with Crippen LogP contribution in [-0.4, -0.2) is 40.6 Å². The fraction of sp³-hybridized carbons (Fsp3) is 0.455. The maximum Gasteiger partial charge on any atom is 0.349 e. The van der Waals surface area contributed by atoms with Gasteiger partial charge in [-0.1, -0.05) is 0 Å². The zero-order chi connectivity index (χ0) is 15.5. The Kier molecular flexibility index (Phi) is 5.26. The van der Waals surface area contributed by atoms with Crippen molar-refractivity contribution in [1.82, 2.24) is 4.72 Å². The van der Waals surface area contributed by atoms with E-state index in [9.17, 15) is 18.0 Å². The van der Waals surface area contributed by atoms with E-state index in [1.54, 1.807) is 6.92 Å². The van der Waals surface area contributed by atoms with Crippen molar-refractivity contribution in [3.63, 3.8) is 0 Å². The van der Waals surface area contributed by atoms with Crippen molar-refractivity contribution in [2.45, 2.75) is 24.8 Å². The molecule has 1 atom stereocenters. The molecule has 0 bridgehead atoms. The van der Waals surface area contributed by atoms with Crippen molar-refractivity contribution < 1.29 is 27.5 Å². The van der Waals surface area contributed by atoms with Crippen LogP contribution in [0.15, 0.2) is 10.3 Å². The van der Waals surface area contributed by atoms with Gasteiger partial charge >= 0.3 is 11.9 Å². The van der Waals surface area contributed by atoms with Gasteiger partial charge in [-0.15, -0.1) is 11.3 Å². The summed E-state index contributed by atoms with van der Waals surface area (Å²) in [5, 5.41) is 1.53. The second-order valence-corrected chi connectivity index (χ2v) is 6.47. The Hall–Kier alpha value is -1.45. The van der Waals surface area contributed by atoms with Gasteiger partial charge in [0.05, 0.1) is 14.2 Å². The van der Waals surface area contributed by atoms with Crippen LogP contribution in [0.1, 0.15) is 22.2 Å². The van der Waals surface area contributed by atoms with Crippen molar-refractivity contribution in [3.8, 4) is 0 Å². The van der Waals surface area contributed by atoms with Crippen LogP contribution in [0.25, 0.3) is 0 Å². The van der Waals surface area contributed by atoms with E-state index in [1.165, 1.54) is 12.3 Å². The average Bonchev–Trinajstić information content (AvgIpc) is 2.78. The molecule has 112 valence electrons. The summed E-state index contributed by atoms with van der Waals surface area (Å²) in [5.74, 6) is -1.46. The second kappa shape index (κ2) is 6.33. The molecule has 1 aromatic heterocycles. The zero-order valence-corrected chi connectivity index (χ0v) is 13.1. The molecule has 0 amide bonds. The SMILES string of the molecule is COC(=O)c1scc(C)c1S(=O)(=O)NC(C)C(=O)OC. The summed E-state index contributed by atoms with van der Waals surface area (Å²) in [6.07, 6.45) is 0. The van der Waals surface area contributed by atoms with Gasteiger partial charge in [0.1, 0.15) is 15.8 Å². The van der Waals surface area contributed by atoms with E-state index in [0.29, 0.717) is 5.56 Å². The highest BCUT2D eigenvalue weighted by Crippen LogP contribution is 2.27. The van der Waals surface area contributed by atoms with Gasteiger partial charge in [0.15, 0.2) is 0 Å². The molecule has 0 fully saturated rings. The van der Waals surface area contributed by atoms with Gasteiger partial charge in [-0.25, -0.2) is 13.2 Å². The number of carbonyl (C=O) groups is 2. The molecular formula is C11H15NO6S2. The van der Waals surface area contributed by atoms with E-state index in [2.05, 4.69) is 14.2 Å². The maximum absolute atomic E-state index is 12.3. The third kappa shape index (κ3) is 3.35. The normalized spacial score (nSPS) is 12.8. The molecule has 1 heterocycles. The molecule has 0 radical (unpaired) electrons. The van der Waals surface area contributed by atoms with Gasteiger partial charge < -0.3 is 9.47 Å². The van der Waals surface area contributed by atoms with Crippen LogP contribution in [0.4, 0.5) is 0 Å². The van der Waals surface area contributed by atoms with E-state index in [-0.39, 0.29) is 9.77 Å². The Bertz CT molecular complexity index is 619. The molecule has 1 rings (SSSR count). The van der Waals surface area contributed by atoms with E-state index >= 15 is 0 Å². The second-order valence-electron chi connectivity index (χ2n) is 3.93. The number of aryl methyl sites for hydroxylation is 1. The number of rotatable bonds is 5. The minimum absolute atomic E-state index is 0.0328. The monoisotopic (exact) mass is 321 g/mol. The molecule has 0 aliphatic heterocycles. The predicted octanol–water partition coefficient (Wildman–Crippen LogP) is 0.683. The van der Waals surface area contributed by atoms with Crippen LogP contribution in [0.5, 0.6) is 0 Å². The molecule has 1 N–H and O–H groups in total. The fourth-order valence-electron chi connectivity index (χ4n) is 1.52. The third-order valence-corrected chi connectivity index (χ3v) is 5.38. The van der Waals surface area contributed by atoms with E-state index < -0.39 is 28.0 Å². The first-order valence-corrected chi connectivity index (χ1v) is 7.87. The Morgan fingerprint density at radius 1 is 1.30 bits per heavy atom. The molecule has 0 aliphatic rings. The Morgan fingerprint density at radius 2 is 1.90 bits per heavy atom. The Labute approximate surface area is 120 Å². The van der Waals surface area contributed by atoms with Crippen LogP contribution >= 0.6 is 11.3 Å². The minimum Gasteiger partial charge on any atom is -0.468 e. The molecule has 9 heteroatoms. The maximum atomic E-state index is 12.3. The molecule has 20 heavy (non-hydrogen) atoms. The number of hydrogen-bond donors (Lipinski definition) is 1. The van der Waals surface area contributed by atoms with Crippen LogP contribution < -0.4 is 4.72 Å². The number of thiophene rings is 1. The molecular weight excluding hydrogens is 306 g/mol. The molecule has 0 saturated carbocycles. The number of esters is 2. The Balaban J connectivity index is 3.19. The summed E-state index contributed by atoms with van der Waals surface area (Å²) in [6, 6.07) is -1.06. The highest BCUT2D eigenvalue weighted by Gasteiger charge is 2.30. The molecule has 0 aromatic carbocycles. The zero-order valence-electron chi connectivity index (χ0n) is 11.4. The van der Waals surface area contributed by atoms with Crippen molar-refractivity contribution in [2.75, 3.05) is 14.2 Å². The third-order valence-electron chi connectivity index (χ3n) is 2.44. The summed E-state index contributed by atoms with van der Waals surface area (Å²) in [5.41, 5.74) is 0.403. The number of sulfonamides is 1. The van der Waals surface area contributed by atoms with Gasteiger partial charge in [0, 0.05) is 0 Å². The first-order chi connectivity index (χ1) is 9.24. The predicted molar refractivity (Wildman–Crippen MR) is 72.2 cm³/mol. The Morgan fingerprint density at radius 3 is 2.40 bits per heavy atom. The number of methoxy groups -OCH3 is 2. The first kappa shape index (κ1) is 16.6. The topological polar surface area (TPSA) is 98.8 Å². The number of nitrogens with one attached hydrogen (secondary N) is 1. The molecule has 7 nitrogen and oxygen atoms in total. The number of hydrogen-bond acceptors (Lipinski definition) is 7. The summed E-state index contributed by atoms with van der Waals surface area (Å²) in [7, 11) is -1.71. The van der Waals surface area contributed by atoms with Gasteiger partial charge in [-0.3, -0.25) is 4.79 Å². The van der Waals surface area contributed by atoms with E-state index in [0.717, 1.165) is 25.6 Å². The van der Waals surface area contributed by atoms with Gasteiger partial charge in [0.2, 0.25) is 10.0 Å². The lowest BCUT2D eigenvalue weighted by molar-refractivity contribution is -0.142. The molecule has 1 aromatic rings. The van der Waals surface area contributed by atoms with Gasteiger partial charge in [-0.05, 0) is 24.8 Å². The van der Waals surface area contributed by atoms with Crippen molar-refractivity contribution in [3.05, 3.63) is 15.8 Å². The van der Waals surface area contributed by atoms with Crippen molar-refractivity contribution >= 4 is 33.3 Å². The summed E-state index contributed by atoms with van der Waals surface area (Å²) in [4.78, 5) is 22.6. The van der Waals surface area contributed by atoms with Crippen LogP contribution in [0.3, 0.4) is 0 Å². The largest absolute Gasteiger partial charge is 0.468 e. The lowest BCUT2D eigenvalue weighted by Gasteiger charge is -2.13. The molecule has 0 saturated heterocycles. The lowest BCUT2D eigenvalue weighted by atomic mass is 10.3. The summed E-state index contributed by atoms with van der Waals surface area (Å²) >= 11 is 0.967. The average molecular weight is 321 g/mol. The summed E-state index contributed by atoms with van der Waals surface area (Å²) in [6.45, 7) is 2.91. The highest BCUT2D eigenvalue weighted by atomic mass is 32.2. The van der Waals surface area contributed by atoms with Crippen LogP contribution in [0.2, 0.25) is 0 Å². The molecule has 1 unspecified atom stereocenters. The van der Waals surface area contributed by atoms with Crippen molar-refractivity contribution in [1.29, 1.82) is 0 Å². The van der Waals surface area contributed by atoms with Crippen LogP contribution in [-0.2, 0) is 24.3 Å².